The van der Waals surface area contributed by atoms with Crippen LogP contribution < -0.4 is 15.1 Å². The van der Waals surface area contributed by atoms with Gasteiger partial charge in [-0.25, -0.2) is 18.7 Å². The summed E-state index contributed by atoms with van der Waals surface area (Å²) in [5, 5.41) is 2.72. The largest absolute Gasteiger partial charge is 0.368 e. The van der Waals surface area contributed by atoms with Crippen molar-refractivity contribution >= 4 is 23.0 Å². The monoisotopic (exact) mass is 381 g/mol. The number of para-hydroxylation sites is 1. The van der Waals surface area contributed by atoms with Gasteiger partial charge in [-0.2, -0.15) is 0 Å². The first-order chi connectivity index (χ1) is 13.6. The molecule has 0 saturated carbocycles. The van der Waals surface area contributed by atoms with E-state index in [1.54, 1.807) is 6.07 Å². The van der Waals surface area contributed by atoms with Crippen molar-refractivity contribution in [3.63, 3.8) is 0 Å². The van der Waals surface area contributed by atoms with Crippen molar-refractivity contribution in [2.75, 3.05) is 41.3 Å². The van der Waals surface area contributed by atoms with Gasteiger partial charge in [-0.3, -0.25) is 0 Å². The van der Waals surface area contributed by atoms with E-state index < -0.39 is 11.6 Å². The van der Waals surface area contributed by atoms with Gasteiger partial charge in [0.05, 0.1) is 0 Å². The highest BCUT2D eigenvalue weighted by Crippen LogP contribution is 2.25. The summed E-state index contributed by atoms with van der Waals surface area (Å²) in [6.45, 7) is 5.45. The summed E-state index contributed by atoms with van der Waals surface area (Å²) in [5.41, 5.74) is 2.25. The zero-order valence-electron chi connectivity index (χ0n) is 15.6. The molecule has 0 aliphatic carbocycles. The fourth-order valence-corrected chi connectivity index (χ4v) is 3.35. The smallest absolute Gasteiger partial charge is 0.149 e. The highest BCUT2D eigenvalue weighted by molar-refractivity contribution is 5.61. The summed E-state index contributed by atoms with van der Waals surface area (Å²) < 4.78 is 27.7. The summed E-state index contributed by atoms with van der Waals surface area (Å²) in [6, 6.07) is 13.9. The molecule has 4 rings (SSSR count). The van der Waals surface area contributed by atoms with Gasteiger partial charge in [0.15, 0.2) is 0 Å². The molecule has 0 unspecified atom stereocenters. The number of nitrogens with one attached hydrogen (secondary N) is 1. The predicted octanol–water partition coefficient (Wildman–Crippen LogP) is 4.13. The van der Waals surface area contributed by atoms with Crippen molar-refractivity contribution in [2.24, 2.45) is 0 Å². The van der Waals surface area contributed by atoms with Crippen LogP contribution in [0, 0.1) is 18.6 Å². The number of aromatic nitrogens is 2. The third kappa shape index (κ3) is 3.88. The van der Waals surface area contributed by atoms with Crippen LogP contribution in [-0.2, 0) is 0 Å². The summed E-state index contributed by atoms with van der Waals surface area (Å²) in [7, 11) is 0. The molecule has 1 fully saturated rings. The van der Waals surface area contributed by atoms with Crippen LogP contribution in [-0.4, -0.2) is 36.1 Å². The van der Waals surface area contributed by atoms with E-state index >= 15 is 0 Å². The number of halogens is 2. The Bertz CT molecular complexity index is 950. The summed E-state index contributed by atoms with van der Waals surface area (Å²) >= 11 is 0. The molecule has 1 aliphatic rings. The lowest BCUT2D eigenvalue weighted by atomic mass is 10.2. The van der Waals surface area contributed by atoms with E-state index in [2.05, 4.69) is 56.3 Å². The Balaban J connectivity index is 1.45. The number of benzene rings is 2. The highest BCUT2D eigenvalue weighted by Gasteiger charge is 2.19. The molecule has 5 nitrogen and oxygen atoms in total. The van der Waals surface area contributed by atoms with E-state index in [1.807, 2.05) is 0 Å². The van der Waals surface area contributed by atoms with Crippen LogP contribution in [0.3, 0.4) is 0 Å². The second-order valence-electron chi connectivity index (χ2n) is 6.80. The highest BCUT2D eigenvalue weighted by atomic mass is 19.1. The van der Waals surface area contributed by atoms with Gasteiger partial charge in [-0.05, 0) is 36.8 Å². The Morgan fingerprint density at radius 1 is 0.857 bits per heavy atom. The van der Waals surface area contributed by atoms with Crippen molar-refractivity contribution in [3.05, 3.63) is 72.1 Å². The average Bonchev–Trinajstić information content (AvgIpc) is 2.71. The first-order valence-electron chi connectivity index (χ1n) is 9.20. The number of hydrogen-bond acceptors (Lipinski definition) is 5. The van der Waals surface area contributed by atoms with Gasteiger partial charge < -0.3 is 15.1 Å². The molecule has 0 bridgehead atoms. The zero-order chi connectivity index (χ0) is 19.5. The maximum Gasteiger partial charge on any atom is 0.149 e. The molecule has 1 aliphatic heterocycles. The lowest BCUT2D eigenvalue weighted by Gasteiger charge is -2.36. The number of anilines is 4. The SMILES string of the molecule is Cc1cccc(N2CCN(c3cc(Nc4c(F)cccc4F)ncn3)CC2)c1. The molecule has 0 amide bonds. The minimum absolute atomic E-state index is 0.212. The molecule has 3 aromatic rings. The molecule has 1 N–H and O–H groups in total. The maximum absolute atomic E-state index is 13.9. The van der Waals surface area contributed by atoms with Crippen LogP contribution in [0.25, 0.3) is 0 Å². The van der Waals surface area contributed by atoms with Gasteiger partial charge in [-0.1, -0.05) is 18.2 Å². The lowest BCUT2D eigenvalue weighted by Crippen LogP contribution is -2.46. The van der Waals surface area contributed by atoms with E-state index in [1.165, 1.54) is 35.8 Å². The number of piperazine rings is 1. The van der Waals surface area contributed by atoms with Crippen LogP contribution >= 0.6 is 0 Å². The van der Waals surface area contributed by atoms with Crippen LogP contribution in [0.15, 0.2) is 54.9 Å². The number of nitrogens with zero attached hydrogens (tertiary/aromatic N) is 4. The molecule has 1 saturated heterocycles. The molecule has 0 atom stereocenters. The van der Waals surface area contributed by atoms with Gasteiger partial charge in [0.1, 0.15) is 35.3 Å². The maximum atomic E-state index is 13.9. The van der Waals surface area contributed by atoms with Crippen LogP contribution in [0.4, 0.5) is 31.8 Å². The Hall–Kier alpha value is -3.22. The van der Waals surface area contributed by atoms with Crippen molar-refractivity contribution in [1.82, 2.24) is 9.97 Å². The predicted molar refractivity (Wildman–Crippen MR) is 107 cm³/mol. The van der Waals surface area contributed by atoms with Gasteiger partial charge in [-0.15, -0.1) is 0 Å². The van der Waals surface area contributed by atoms with Crippen molar-refractivity contribution in [3.8, 4) is 0 Å². The quantitative estimate of drug-likeness (QED) is 0.736. The van der Waals surface area contributed by atoms with E-state index in [4.69, 9.17) is 0 Å². The molecule has 0 radical (unpaired) electrons. The third-order valence-corrected chi connectivity index (χ3v) is 4.84. The number of aryl methyl sites for hydroxylation is 1. The Kier molecular flexibility index (Phi) is 5.06. The Morgan fingerprint density at radius 3 is 2.25 bits per heavy atom. The Morgan fingerprint density at radius 2 is 1.54 bits per heavy atom. The van der Waals surface area contributed by atoms with Gasteiger partial charge >= 0.3 is 0 Å². The molecule has 2 heterocycles. The molecular weight excluding hydrogens is 360 g/mol. The summed E-state index contributed by atoms with van der Waals surface area (Å²) in [4.78, 5) is 12.9. The Labute approximate surface area is 162 Å². The zero-order valence-corrected chi connectivity index (χ0v) is 15.6. The average molecular weight is 381 g/mol. The first-order valence-corrected chi connectivity index (χ1v) is 9.20. The van der Waals surface area contributed by atoms with Crippen LogP contribution in [0.2, 0.25) is 0 Å². The number of hydrogen-bond donors (Lipinski definition) is 1. The molecule has 2 aromatic carbocycles. The van der Waals surface area contributed by atoms with Crippen LogP contribution in [0.1, 0.15) is 5.56 Å². The molecule has 1 aromatic heterocycles. The lowest BCUT2D eigenvalue weighted by molar-refractivity contribution is 0.590. The topological polar surface area (TPSA) is 44.3 Å². The minimum atomic E-state index is -0.660. The van der Waals surface area contributed by atoms with Crippen molar-refractivity contribution in [1.29, 1.82) is 0 Å². The molecule has 7 heteroatoms. The fourth-order valence-electron chi connectivity index (χ4n) is 3.35. The van der Waals surface area contributed by atoms with E-state index in [0.717, 1.165) is 32.0 Å². The third-order valence-electron chi connectivity index (χ3n) is 4.84. The second kappa shape index (κ2) is 7.80. The van der Waals surface area contributed by atoms with Crippen molar-refractivity contribution < 1.29 is 8.78 Å². The second-order valence-corrected chi connectivity index (χ2v) is 6.80. The minimum Gasteiger partial charge on any atom is -0.368 e. The first kappa shape index (κ1) is 18.2. The fraction of sp³-hybridized carbons (Fsp3) is 0.238. The van der Waals surface area contributed by atoms with Gasteiger partial charge in [0.25, 0.3) is 0 Å². The molecule has 0 spiro atoms. The molecule has 28 heavy (non-hydrogen) atoms. The number of rotatable bonds is 4. The van der Waals surface area contributed by atoms with Gasteiger partial charge in [0.2, 0.25) is 0 Å². The van der Waals surface area contributed by atoms with Crippen molar-refractivity contribution in [2.45, 2.75) is 6.92 Å². The van der Waals surface area contributed by atoms with E-state index in [0.29, 0.717) is 5.82 Å². The molecule has 144 valence electrons. The standard InChI is InChI=1S/C21H21F2N5/c1-15-4-2-5-16(12-15)27-8-10-28(11-9-27)20-13-19(24-14-25-20)26-21-17(22)6-3-7-18(21)23/h2-7,12-14H,8-11H2,1H3,(H,24,25,26). The molecular formula is C21H21F2N5. The normalized spacial score (nSPS) is 14.2. The van der Waals surface area contributed by atoms with E-state index in [9.17, 15) is 8.78 Å². The van der Waals surface area contributed by atoms with Gasteiger partial charge in [0, 0.05) is 37.9 Å². The summed E-state index contributed by atoms with van der Waals surface area (Å²) in [6.07, 6.45) is 1.41. The summed E-state index contributed by atoms with van der Waals surface area (Å²) in [5.74, 6) is -0.230. The van der Waals surface area contributed by atoms with E-state index in [-0.39, 0.29) is 5.69 Å². The van der Waals surface area contributed by atoms with Crippen LogP contribution in [0.5, 0.6) is 0 Å².